The van der Waals surface area contributed by atoms with E-state index in [1.807, 2.05) is 0 Å². The van der Waals surface area contributed by atoms with Crippen LogP contribution in [-0.2, 0) is 14.4 Å². The molecule has 7 nitrogen and oxygen atoms in total. The number of methoxy groups -OCH3 is 1. The third kappa shape index (κ3) is 2.89. The van der Waals surface area contributed by atoms with Crippen LogP contribution >= 0.6 is 23.2 Å². The molecule has 4 rings (SSSR count). The molecule has 0 aliphatic carbocycles. The van der Waals surface area contributed by atoms with Crippen LogP contribution in [-0.4, -0.2) is 36.5 Å². The van der Waals surface area contributed by atoms with Crippen molar-refractivity contribution in [3.63, 3.8) is 0 Å². The number of imide groups is 1. The Labute approximate surface area is 176 Å². The Bertz CT molecular complexity index is 1060. The second-order valence-corrected chi connectivity index (χ2v) is 7.38. The molecule has 0 saturated carbocycles. The fraction of sp³-hybridized carbons (Fsp3) is 0.200. The molecule has 2 aliphatic rings. The lowest BCUT2D eigenvalue weighted by Crippen LogP contribution is -2.39. The summed E-state index contributed by atoms with van der Waals surface area (Å²) in [7, 11) is 1.45. The molecule has 0 aromatic heterocycles. The number of Topliss-reactive ketones (excluding diaryl/α,β-unsaturated/α-hetero) is 1. The molecule has 2 aromatic rings. The molecule has 0 spiro atoms. The summed E-state index contributed by atoms with van der Waals surface area (Å²) < 4.78 is 5.30. The average molecular weight is 432 g/mol. The molecule has 29 heavy (non-hydrogen) atoms. The number of ether oxygens (including phenoxy) is 1. The topological polar surface area (TPSA) is 79.3 Å². The number of fused-ring (bicyclic) bond motifs is 1. The van der Waals surface area contributed by atoms with Crippen LogP contribution in [0.4, 0.5) is 11.4 Å². The largest absolute Gasteiger partial charge is 0.495 e. The van der Waals surface area contributed by atoms with E-state index >= 15 is 0 Å². The molecule has 0 radical (unpaired) electrons. The van der Waals surface area contributed by atoms with Gasteiger partial charge in [0.2, 0.25) is 5.91 Å². The molecule has 2 heterocycles. The van der Waals surface area contributed by atoms with Crippen molar-refractivity contribution in [1.29, 1.82) is 0 Å². The van der Waals surface area contributed by atoms with E-state index in [2.05, 4.69) is 5.10 Å². The number of para-hydroxylation sites is 3. The van der Waals surface area contributed by atoms with Gasteiger partial charge in [0.25, 0.3) is 5.91 Å². The summed E-state index contributed by atoms with van der Waals surface area (Å²) in [6, 6.07) is 10.4. The van der Waals surface area contributed by atoms with Crippen LogP contribution in [0.1, 0.15) is 6.92 Å². The highest BCUT2D eigenvalue weighted by atomic mass is 35.5. The number of halogens is 2. The Morgan fingerprint density at radius 3 is 2.31 bits per heavy atom. The lowest BCUT2D eigenvalue weighted by molar-refractivity contribution is -0.122. The number of hydrogen-bond donors (Lipinski definition) is 0. The summed E-state index contributed by atoms with van der Waals surface area (Å²) in [6.45, 7) is 1.30. The molecule has 2 aliphatic heterocycles. The number of carbonyl (C=O) groups excluding carboxylic acids is 3. The number of anilines is 2. The van der Waals surface area contributed by atoms with Crippen LogP contribution in [0.15, 0.2) is 47.6 Å². The Hall–Kier alpha value is -2.90. The predicted molar refractivity (Wildman–Crippen MR) is 110 cm³/mol. The van der Waals surface area contributed by atoms with Gasteiger partial charge in [0, 0.05) is 6.92 Å². The first-order valence-corrected chi connectivity index (χ1v) is 9.46. The molecule has 148 valence electrons. The minimum atomic E-state index is -1.07. The molecular formula is C20H15Cl2N3O4. The monoisotopic (exact) mass is 431 g/mol. The molecule has 2 aromatic carbocycles. The summed E-state index contributed by atoms with van der Waals surface area (Å²) >= 11 is 12.6. The lowest BCUT2D eigenvalue weighted by Gasteiger charge is -2.24. The minimum absolute atomic E-state index is 0.0123. The first kappa shape index (κ1) is 19.4. The van der Waals surface area contributed by atoms with Gasteiger partial charge in [0.1, 0.15) is 23.4 Å². The zero-order valence-electron chi connectivity index (χ0n) is 15.4. The highest BCUT2D eigenvalue weighted by Gasteiger charge is 2.58. The normalized spacial score (nSPS) is 20.8. The third-order valence-corrected chi connectivity index (χ3v) is 5.51. The van der Waals surface area contributed by atoms with E-state index in [1.165, 1.54) is 19.0 Å². The molecule has 9 heteroatoms. The van der Waals surface area contributed by atoms with Crippen LogP contribution in [0, 0.1) is 5.92 Å². The zero-order chi connectivity index (χ0) is 20.9. The van der Waals surface area contributed by atoms with Gasteiger partial charge in [-0.2, -0.15) is 5.10 Å². The fourth-order valence-electron chi connectivity index (χ4n) is 3.65. The number of hydrazone groups is 1. The van der Waals surface area contributed by atoms with Gasteiger partial charge in [0.15, 0.2) is 5.78 Å². The van der Waals surface area contributed by atoms with Crippen molar-refractivity contribution >= 4 is 57.9 Å². The summed E-state index contributed by atoms with van der Waals surface area (Å²) in [5.41, 5.74) is 0.555. The Morgan fingerprint density at radius 1 is 1.03 bits per heavy atom. The Balaban J connectivity index is 1.87. The smallest absolute Gasteiger partial charge is 0.260 e. The molecule has 0 N–H and O–H groups in total. The molecule has 1 saturated heterocycles. The number of rotatable bonds is 4. The van der Waals surface area contributed by atoms with Crippen molar-refractivity contribution in [1.82, 2.24) is 0 Å². The number of nitrogens with zero attached hydrogens (tertiary/aromatic N) is 3. The lowest BCUT2D eigenvalue weighted by atomic mass is 9.95. The van der Waals surface area contributed by atoms with Crippen LogP contribution in [0.5, 0.6) is 5.75 Å². The first-order valence-electron chi connectivity index (χ1n) is 8.70. The molecular weight excluding hydrogens is 417 g/mol. The van der Waals surface area contributed by atoms with Gasteiger partial charge in [-0.3, -0.25) is 14.4 Å². The average Bonchev–Trinajstić information content (AvgIpc) is 3.19. The second-order valence-electron chi connectivity index (χ2n) is 6.56. The summed E-state index contributed by atoms with van der Waals surface area (Å²) in [6.07, 6.45) is 0. The molecule has 2 amide bonds. The van der Waals surface area contributed by atoms with Gasteiger partial charge in [-0.05, 0) is 24.3 Å². The van der Waals surface area contributed by atoms with Gasteiger partial charge in [-0.25, -0.2) is 9.91 Å². The van der Waals surface area contributed by atoms with E-state index in [4.69, 9.17) is 27.9 Å². The van der Waals surface area contributed by atoms with Crippen molar-refractivity contribution in [2.75, 3.05) is 17.0 Å². The maximum absolute atomic E-state index is 13.4. The van der Waals surface area contributed by atoms with Crippen LogP contribution in [0.25, 0.3) is 0 Å². The maximum atomic E-state index is 13.4. The Morgan fingerprint density at radius 2 is 1.69 bits per heavy atom. The fourth-order valence-corrected chi connectivity index (χ4v) is 4.22. The molecule has 0 bridgehead atoms. The summed E-state index contributed by atoms with van der Waals surface area (Å²) in [4.78, 5) is 39.9. The number of benzene rings is 2. The van der Waals surface area contributed by atoms with Crippen molar-refractivity contribution < 1.29 is 19.1 Å². The standard InChI is InChI=1S/C20H15Cl2N3O4/c1-10(26)16-15-18(25(23-16)17-11(21)6-5-7-12(17)22)20(28)24(19(15)27)13-8-3-4-9-14(13)29-2/h3-9,15,18H,1-2H3/t15-,18+/m1/s1. The van der Waals surface area contributed by atoms with Gasteiger partial charge in [0.05, 0.1) is 28.5 Å². The second kappa shape index (κ2) is 7.17. The van der Waals surface area contributed by atoms with Crippen molar-refractivity contribution in [3.8, 4) is 5.75 Å². The summed E-state index contributed by atoms with van der Waals surface area (Å²) in [5.74, 6) is -2.20. The third-order valence-electron chi connectivity index (χ3n) is 4.90. The van der Waals surface area contributed by atoms with Gasteiger partial charge < -0.3 is 4.74 Å². The van der Waals surface area contributed by atoms with E-state index in [0.29, 0.717) is 11.4 Å². The Kier molecular flexibility index (Phi) is 4.80. The zero-order valence-corrected chi connectivity index (χ0v) is 16.9. The maximum Gasteiger partial charge on any atom is 0.260 e. The van der Waals surface area contributed by atoms with Crippen molar-refractivity contribution in [2.24, 2.45) is 11.0 Å². The number of ketones is 1. The van der Waals surface area contributed by atoms with E-state index in [0.717, 1.165) is 4.90 Å². The van der Waals surface area contributed by atoms with Crippen LogP contribution in [0.2, 0.25) is 10.0 Å². The first-order chi connectivity index (χ1) is 13.9. The van der Waals surface area contributed by atoms with E-state index in [1.54, 1.807) is 42.5 Å². The van der Waals surface area contributed by atoms with E-state index in [-0.39, 0.29) is 21.4 Å². The van der Waals surface area contributed by atoms with E-state index < -0.39 is 29.6 Å². The number of carbonyl (C=O) groups is 3. The van der Waals surface area contributed by atoms with Gasteiger partial charge in [-0.1, -0.05) is 41.4 Å². The summed E-state index contributed by atoms with van der Waals surface area (Å²) in [5, 5.41) is 6.05. The van der Waals surface area contributed by atoms with Gasteiger partial charge >= 0.3 is 0 Å². The highest BCUT2D eigenvalue weighted by Crippen LogP contribution is 2.44. The van der Waals surface area contributed by atoms with Crippen LogP contribution in [0.3, 0.4) is 0 Å². The molecule has 1 fully saturated rings. The number of amides is 2. The quantitative estimate of drug-likeness (QED) is 0.693. The SMILES string of the molecule is COc1ccccc1N1C(=O)[C@@H]2C(C(C)=O)=NN(c3c(Cl)cccc3Cl)[C@@H]2C1=O. The van der Waals surface area contributed by atoms with E-state index in [9.17, 15) is 14.4 Å². The highest BCUT2D eigenvalue weighted by molar-refractivity contribution is 6.49. The molecule has 0 unspecified atom stereocenters. The number of hydrogen-bond acceptors (Lipinski definition) is 6. The van der Waals surface area contributed by atoms with Gasteiger partial charge in [-0.15, -0.1) is 0 Å². The minimum Gasteiger partial charge on any atom is -0.495 e. The van der Waals surface area contributed by atoms with Crippen LogP contribution < -0.4 is 14.6 Å². The predicted octanol–water partition coefficient (Wildman–Crippen LogP) is 3.33. The van der Waals surface area contributed by atoms with Crippen molar-refractivity contribution in [2.45, 2.75) is 13.0 Å². The molecule has 2 atom stereocenters. The van der Waals surface area contributed by atoms with Crippen molar-refractivity contribution in [3.05, 3.63) is 52.5 Å².